The number of benzene rings is 1. The molecule has 3 heterocycles. The van der Waals surface area contributed by atoms with Crippen LogP contribution in [0.4, 0.5) is 0 Å². The van der Waals surface area contributed by atoms with Crippen LogP contribution in [-0.4, -0.2) is 35.0 Å². The summed E-state index contributed by atoms with van der Waals surface area (Å²) in [7, 11) is 0. The van der Waals surface area contributed by atoms with Gasteiger partial charge in [0, 0.05) is 16.4 Å². The molecular weight excluding hydrogens is 362 g/mol. The lowest BCUT2D eigenvalue weighted by Crippen LogP contribution is -2.45. The van der Waals surface area contributed by atoms with Crippen molar-refractivity contribution in [2.24, 2.45) is 11.8 Å². The second-order valence-electron chi connectivity index (χ2n) is 6.41. The van der Waals surface area contributed by atoms with Crippen LogP contribution >= 0.6 is 15.9 Å². The second-order valence-corrected chi connectivity index (χ2v) is 7.33. The number of carboxylic acids is 1. The molecule has 1 spiro atoms. The Balaban J connectivity index is 1.66. The van der Waals surface area contributed by atoms with E-state index >= 15 is 0 Å². The van der Waals surface area contributed by atoms with E-state index in [1.54, 1.807) is 11.0 Å². The largest absolute Gasteiger partial charge is 0.550 e. The van der Waals surface area contributed by atoms with Gasteiger partial charge in [0.25, 0.3) is 0 Å². The Morgan fingerprint density at radius 3 is 2.78 bits per heavy atom. The van der Waals surface area contributed by atoms with Crippen LogP contribution in [0.2, 0.25) is 0 Å². The van der Waals surface area contributed by atoms with Crippen molar-refractivity contribution in [1.82, 2.24) is 4.90 Å². The van der Waals surface area contributed by atoms with Crippen molar-refractivity contribution in [3.63, 3.8) is 0 Å². The first-order valence-corrected chi connectivity index (χ1v) is 8.36. The van der Waals surface area contributed by atoms with E-state index in [9.17, 15) is 14.7 Å². The third kappa shape index (κ3) is 2.01. The summed E-state index contributed by atoms with van der Waals surface area (Å²) in [6, 6.07) is 7.62. The van der Waals surface area contributed by atoms with Gasteiger partial charge in [-0.15, -0.1) is 0 Å². The average molecular weight is 377 g/mol. The minimum absolute atomic E-state index is 0.144. The zero-order chi connectivity index (χ0) is 16.4. The molecule has 2 bridgehead atoms. The van der Waals surface area contributed by atoms with Gasteiger partial charge in [-0.25, -0.2) is 0 Å². The van der Waals surface area contributed by atoms with Crippen molar-refractivity contribution in [1.29, 1.82) is 0 Å². The number of hydrogen-bond donors (Lipinski definition) is 0. The van der Waals surface area contributed by atoms with E-state index in [0.29, 0.717) is 6.54 Å². The lowest BCUT2D eigenvalue weighted by molar-refractivity contribution is -0.313. The van der Waals surface area contributed by atoms with Crippen molar-refractivity contribution < 1.29 is 19.4 Å². The van der Waals surface area contributed by atoms with Crippen molar-refractivity contribution in [3.05, 3.63) is 46.5 Å². The highest BCUT2D eigenvalue weighted by Crippen LogP contribution is 2.53. The standard InChI is InChI=1S/C17H16BrNO4/c1-9(10-2-4-11(18)5-3-10)19-8-17-7-6-12(23-17)13(16(21)22)14(17)15(19)20/h2-7,9,12-14H,8H2,1H3,(H,21,22)/p-1/t9-,12-,13-,14+,17+/m0/s1. The highest BCUT2D eigenvalue weighted by atomic mass is 79.9. The smallest absolute Gasteiger partial charge is 0.230 e. The molecule has 23 heavy (non-hydrogen) atoms. The molecule has 0 radical (unpaired) electrons. The Labute approximate surface area is 142 Å². The molecule has 0 saturated carbocycles. The number of nitrogens with zero attached hydrogens (tertiary/aromatic N) is 1. The fraction of sp³-hybridized carbons (Fsp3) is 0.412. The summed E-state index contributed by atoms with van der Waals surface area (Å²) in [5.41, 5.74) is 0.192. The highest BCUT2D eigenvalue weighted by molar-refractivity contribution is 9.10. The molecule has 0 N–H and O–H groups in total. The van der Waals surface area contributed by atoms with E-state index in [2.05, 4.69) is 15.9 Å². The van der Waals surface area contributed by atoms with Gasteiger partial charge in [-0.3, -0.25) is 4.79 Å². The molecule has 2 saturated heterocycles. The SMILES string of the molecule is C[C@@H](c1ccc(Br)cc1)N1C[C@@]23C=C[C@H](O2)[C@H](C(=O)[O-])[C@@H]3C1=O. The normalized spacial score (nSPS) is 35.7. The number of carboxylic acid groups (broad SMARTS) is 1. The van der Waals surface area contributed by atoms with Crippen LogP contribution in [-0.2, 0) is 14.3 Å². The van der Waals surface area contributed by atoms with Gasteiger partial charge in [0.2, 0.25) is 5.91 Å². The fourth-order valence-corrected chi connectivity index (χ4v) is 4.31. The third-order valence-corrected chi connectivity index (χ3v) is 5.75. The lowest BCUT2D eigenvalue weighted by Gasteiger charge is -2.28. The maximum Gasteiger partial charge on any atom is 0.230 e. The van der Waals surface area contributed by atoms with Crippen LogP contribution in [0.25, 0.3) is 0 Å². The second kappa shape index (κ2) is 4.92. The van der Waals surface area contributed by atoms with Crippen LogP contribution in [0.1, 0.15) is 18.5 Å². The molecule has 6 heteroatoms. The molecular formula is C17H15BrNO4-. The Morgan fingerprint density at radius 2 is 2.13 bits per heavy atom. The van der Waals surface area contributed by atoms with Gasteiger partial charge in [0.05, 0.1) is 24.6 Å². The molecule has 0 aromatic heterocycles. The molecule has 3 aliphatic heterocycles. The molecule has 1 aromatic rings. The van der Waals surface area contributed by atoms with Crippen LogP contribution in [0, 0.1) is 11.8 Å². The van der Waals surface area contributed by atoms with Crippen molar-refractivity contribution in [2.75, 3.05) is 6.54 Å². The highest BCUT2D eigenvalue weighted by Gasteiger charge is 2.65. The predicted octanol–water partition coefficient (Wildman–Crippen LogP) is 1.04. The van der Waals surface area contributed by atoms with Gasteiger partial charge >= 0.3 is 0 Å². The Kier molecular flexibility index (Phi) is 3.19. The molecule has 1 aromatic carbocycles. The van der Waals surface area contributed by atoms with Gasteiger partial charge in [-0.1, -0.05) is 40.2 Å². The predicted molar refractivity (Wildman–Crippen MR) is 83.0 cm³/mol. The van der Waals surface area contributed by atoms with Crippen molar-refractivity contribution in [3.8, 4) is 0 Å². The Bertz CT molecular complexity index is 716. The topological polar surface area (TPSA) is 69.7 Å². The summed E-state index contributed by atoms with van der Waals surface area (Å²) >= 11 is 3.40. The van der Waals surface area contributed by atoms with E-state index in [-0.39, 0.29) is 11.9 Å². The van der Waals surface area contributed by atoms with E-state index in [1.807, 2.05) is 37.3 Å². The first-order chi connectivity index (χ1) is 10.9. The van der Waals surface area contributed by atoms with E-state index in [1.165, 1.54) is 0 Å². The molecule has 2 fully saturated rings. The van der Waals surface area contributed by atoms with Crippen LogP contribution in [0.15, 0.2) is 40.9 Å². The van der Waals surface area contributed by atoms with Gasteiger partial charge in [-0.2, -0.15) is 0 Å². The minimum atomic E-state index is -1.21. The van der Waals surface area contributed by atoms with E-state index in [4.69, 9.17) is 4.74 Å². The number of amides is 1. The number of carbonyl (C=O) groups excluding carboxylic acids is 2. The van der Waals surface area contributed by atoms with E-state index < -0.39 is 29.5 Å². The number of likely N-dealkylation sites (tertiary alicyclic amines) is 1. The number of hydrogen-bond acceptors (Lipinski definition) is 4. The number of fused-ring (bicyclic) bond motifs is 1. The molecule has 120 valence electrons. The molecule has 5 atom stereocenters. The fourth-order valence-electron chi connectivity index (χ4n) is 4.05. The molecule has 3 aliphatic rings. The molecule has 0 unspecified atom stereocenters. The zero-order valence-corrected chi connectivity index (χ0v) is 14.0. The summed E-state index contributed by atoms with van der Waals surface area (Å²) in [6.45, 7) is 2.33. The quantitative estimate of drug-likeness (QED) is 0.739. The number of aliphatic carboxylic acids is 1. The average Bonchev–Trinajstić information content (AvgIpc) is 3.15. The molecule has 4 rings (SSSR count). The number of halogens is 1. The first kappa shape index (κ1) is 14.9. The van der Waals surface area contributed by atoms with Crippen LogP contribution in [0.5, 0.6) is 0 Å². The molecule has 0 aliphatic carbocycles. The number of ether oxygens (including phenoxy) is 1. The number of carbonyl (C=O) groups is 2. The summed E-state index contributed by atoms with van der Waals surface area (Å²) in [5, 5.41) is 11.5. The van der Waals surface area contributed by atoms with Crippen molar-refractivity contribution in [2.45, 2.75) is 24.7 Å². The summed E-state index contributed by atoms with van der Waals surface area (Å²) < 4.78 is 6.83. The maximum atomic E-state index is 12.9. The van der Waals surface area contributed by atoms with E-state index in [0.717, 1.165) is 10.0 Å². The maximum absolute atomic E-state index is 12.9. The Morgan fingerprint density at radius 1 is 1.43 bits per heavy atom. The zero-order valence-electron chi connectivity index (χ0n) is 12.4. The van der Waals surface area contributed by atoms with Crippen LogP contribution < -0.4 is 5.11 Å². The monoisotopic (exact) mass is 376 g/mol. The van der Waals surface area contributed by atoms with Gasteiger partial charge in [-0.05, 0) is 24.6 Å². The first-order valence-electron chi connectivity index (χ1n) is 7.57. The van der Waals surface area contributed by atoms with Crippen LogP contribution in [0.3, 0.4) is 0 Å². The number of rotatable bonds is 3. The molecule has 5 nitrogen and oxygen atoms in total. The van der Waals surface area contributed by atoms with Gasteiger partial charge < -0.3 is 19.5 Å². The summed E-state index contributed by atoms with van der Waals surface area (Å²) in [6.07, 6.45) is 3.06. The van der Waals surface area contributed by atoms with Crippen molar-refractivity contribution >= 4 is 27.8 Å². The lowest BCUT2D eigenvalue weighted by atomic mass is 9.77. The van der Waals surface area contributed by atoms with Gasteiger partial charge in [0.1, 0.15) is 5.60 Å². The van der Waals surface area contributed by atoms with Gasteiger partial charge in [0.15, 0.2) is 0 Å². The third-order valence-electron chi connectivity index (χ3n) is 5.22. The Hall–Kier alpha value is -1.66. The molecule has 1 amide bonds. The summed E-state index contributed by atoms with van der Waals surface area (Å²) in [4.78, 5) is 26.1. The summed E-state index contributed by atoms with van der Waals surface area (Å²) in [5.74, 6) is -2.95. The minimum Gasteiger partial charge on any atom is -0.550 e.